The number of methoxy groups -OCH3 is 1. The molecule has 2 N–H and O–H groups in total. The van der Waals surface area contributed by atoms with Crippen molar-refractivity contribution in [3.05, 3.63) is 47.2 Å². The number of hydrogen-bond donors (Lipinski definition) is 2. The molecule has 1 aliphatic rings. The summed E-state index contributed by atoms with van der Waals surface area (Å²) in [7, 11) is 3.50. The fourth-order valence-corrected chi connectivity index (χ4v) is 3.99. The number of hydrogen-bond acceptors (Lipinski definition) is 4. The van der Waals surface area contributed by atoms with Crippen molar-refractivity contribution in [1.29, 1.82) is 0 Å². The molecule has 0 saturated heterocycles. The standard InChI is InChI=1S/C22H32N4O2.HI/c1-16-17(2)28-20(26-16)14-24-21(23-3)25-15-22(12-6-5-7-13-22)18-8-10-19(27-4)11-9-18;/h8-11H,5-7,12-15H2,1-4H3,(H2,23,24,25);1H. The molecule has 3 rings (SSSR count). The summed E-state index contributed by atoms with van der Waals surface area (Å²) >= 11 is 0. The minimum Gasteiger partial charge on any atom is -0.497 e. The molecule has 6 nitrogen and oxygen atoms in total. The summed E-state index contributed by atoms with van der Waals surface area (Å²) in [6, 6.07) is 8.54. The van der Waals surface area contributed by atoms with Crippen LogP contribution in [0.15, 0.2) is 33.7 Å². The Bertz CT molecular complexity index is 776. The Hall–Kier alpha value is -1.77. The number of ether oxygens (including phenoxy) is 1. The Balaban J connectivity index is 0.00000300. The highest BCUT2D eigenvalue weighted by Crippen LogP contribution is 2.39. The number of rotatable bonds is 6. The summed E-state index contributed by atoms with van der Waals surface area (Å²) in [5.74, 6) is 3.21. The van der Waals surface area contributed by atoms with Crippen molar-refractivity contribution in [2.75, 3.05) is 20.7 Å². The molecule has 1 aliphatic carbocycles. The van der Waals surface area contributed by atoms with Crippen LogP contribution in [0.4, 0.5) is 0 Å². The first-order chi connectivity index (χ1) is 13.6. The number of aromatic nitrogens is 1. The molecule has 2 aromatic rings. The maximum Gasteiger partial charge on any atom is 0.214 e. The summed E-state index contributed by atoms with van der Waals surface area (Å²) in [6.45, 7) is 5.25. The van der Waals surface area contributed by atoms with Crippen LogP contribution < -0.4 is 15.4 Å². The van der Waals surface area contributed by atoms with Crippen LogP contribution in [-0.4, -0.2) is 31.6 Å². The van der Waals surface area contributed by atoms with Gasteiger partial charge in [0.2, 0.25) is 5.89 Å². The largest absolute Gasteiger partial charge is 0.497 e. The molecule has 1 heterocycles. The van der Waals surface area contributed by atoms with Crippen LogP contribution in [0, 0.1) is 13.8 Å². The predicted octanol–water partition coefficient (Wildman–Crippen LogP) is 4.49. The minimum atomic E-state index is 0. The fraction of sp³-hybridized carbons (Fsp3) is 0.545. The van der Waals surface area contributed by atoms with E-state index in [0.29, 0.717) is 12.4 Å². The molecule has 0 spiro atoms. The molecule has 7 heteroatoms. The van der Waals surface area contributed by atoms with Gasteiger partial charge in [-0.1, -0.05) is 31.4 Å². The van der Waals surface area contributed by atoms with Crippen LogP contribution in [-0.2, 0) is 12.0 Å². The molecule has 1 saturated carbocycles. The normalized spacial score (nSPS) is 16.1. The van der Waals surface area contributed by atoms with E-state index in [1.165, 1.54) is 37.7 Å². The van der Waals surface area contributed by atoms with Crippen molar-refractivity contribution >= 4 is 29.9 Å². The van der Waals surface area contributed by atoms with Gasteiger partial charge in [0.05, 0.1) is 19.3 Å². The third-order valence-electron chi connectivity index (χ3n) is 5.81. The number of halogens is 1. The van der Waals surface area contributed by atoms with Gasteiger partial charge in [-0.25, -0.2) is 4.98 Å². The average molecular weight is 512 g/mol. The van der Waals surface area contributed by atoms with Crippen molar-refractivity contribution in [2.24, 2.45) is 4.99 Å². The predicted molar refractivity (Wildman–Crippen MR) is 127 cm³/mol. The van der Waals surface area contributed by atoms with Gasteiger partial charge >= 0.3 is 0 Å². The van der Waals surface area contributed by atoms with E-state index in [9.17, 15) is 0 Å². The zero-order valence-corrected chi connectivity index (χ0v) is 20.2. The number of benzene rings is 1. The number of nitrogens with one attached hydrogen (secondary N) is 2. The van der Waals surface area contributed by atoms with E-state index in [2.05, 4.69) is 44.9 Å². The highest BCUT2D eigenvalue weighted by atomic mass is 127. The first-order valence-corrected chi connectivity index (χ1v) is 10.1. The van der Waals surface area contributed by atoms with Gasteiger partial charge in [-0.15, -0.1) is 24.0 Å². The lowest BCUT2D eigenvalue weighted by molar-refractivity contribution is 0.290. The van der Waals surface area contributed by atoms with E-state index >= 15 is 0 Å². The zero-order chi connectivity index (χ0) is 20.0. The highest BCUT2D eigenvalue weighted by molar-refractivity contribution is 14.0. The molecule has 0 unspecified atom stereocenters. The van der Waals surface area contributed by atoms with Gasteiger partial charge in [-0.2, -0.15) is 0 Å². The van der Waals surface area contributed by atoms with E-state index in [4.69, 9.17) is 9.15 Å². The van der Waals surface area contributed by atoms with Crippen molar-refractivity contribution < 1.29 is 9.15 Å². The first-order valence-electron chi connectivity index (χ1n) is 10.1. The molecule has 0 aliphatic heterocycles. The Morgan fingerprint density at radius 2 is 1.83 bits per heavy atom. The molecule has 0 bridgehead atoms. The molecular formula is C22H33IN4O2. The lowest BCUT2D eigenvalue weighted by Gasteiger charge is -2.38. The number of aliphatic imine (C=N–C) groups is 1. The lowest BCUT2D eigenvalue weighted by atomic mass is 9.69. The summed E-state index contributed by atoms with van der Waals surface area (Å²) < 4.78 is 11.0. The number of guanidine groups is 1. The quantitative estimate of drug-likeness (QED) is 0.339. The van der Waals surface area contributed by atoms with Crippen molar-refractivity contribution in [1.82, 2.24) is 15.6 Å². The van der Waals surface area contributed by atoms with E-state index in [1.54, 1.807) is 14.2 Å². The van der Waals surface area contributed by atoms with Gasteiger partial charge in [0.25, 0.3) is 0 Å². The van der Waals surface area contributed by atoms with Gasteiger partial charge < -0.3 is 19.8 Å². The summed E-state index contributed by atoms with van der Waals surface area (Å²) in [6.07, 6.45) is 6.19. The third-order valence-corrected chi connectivity index (χ3v) is 5.81. The van der Waals surface area contributed by atoms with Crippen LogP contribution in [0.2, 0.25) is 0 Å². The van der Waals surface area contributed by atoms with Gasteiger partial charge in [0.1, 0.15) is 11.5 Å². The van der Waals surface area contributed by atoms with Crippen LogP contribution in [0.5, 0.6) is 5.75 Å². The van der Waals surface area contributed by atoms with Crippen molar-refractivity contribution in [2.45, 2.75) is 57.9 Å². The number of oxazole rings is 1. The van der Waals surface area contributed by atoms with Crippen molar-refractivity contribution in [3.63, 3.8) is 0 Å². The van der Waals surface area contributed by atoms with Crippen molar-refractivity contribution in [3.8, 4) is 5.75 Å². The van der Waals surface area contributed by atoms with E-state index in [1.807, 2.05) is 13.8 Å². The smallest absolute Gasteiger partial charge is 0.214 e. The highest BCUT2D eigenvalue weighted by Gasteiger charge is 2.34. The van der Waals surface area contributed by atoms with E-state index < -0.39 is 0 Å². The molecule has 160 valence electrons. The Labute approximate surface area is 190 Å². The van der Waals surface area contributed by atoms with Crippen LogP contribution in [0.3, 0.4) is 0 Å². The minimum absolute atomic E-state index is 0. The van der Waals surface area contributed by atoms with E-state index in [-0.39, 0.29) is 29.4 Å². The van der Waals surface area contributed by atoms with E-state index in [0.717, 1.165) is 29.7 Å². The molecule has 1 aromatic heterocycles. The molecule has 29 heavy (non-hydrogen) atoms. The Morgan fingerprint density at radius 3 is 2.38 bits per heavy atom. The monoisotopic (exact) mass is 512 g/mol. The van der Waals surface area contributed by atoms with Crippen LogP contribution in [0.1, 0.15) is 55.0 Å². The van der Waals surface area contributed by atoms with Crippen LogP contribution >= 0.6 is 24.0 Å². The molecule has 0 radical (unpaired) electrons. The molecule has 1 fully saturated rings. The van der Waals surface area contributed by atoms with Gasteiger partial charge in [-0.3, -0.25) is 4.99 Å². The zero-order valence-electron chi connectivity index (χ0n) is 17.9. The fourth-order valence-electron chi connectivity index (χ4n) is 3.99. The molecule has 1 aromatic carbocycles. The maximum absolute atomic E-state index is 5.65. The van der Waals surface area contributed by atoms with Gasteiger partial charge in [0, 0.05) is 19.0 Å². The second-order valence-electron chi connectivity index (χ2n) is 7.60. The molecule has 0 amide bonds. The lowest BCUT2D eigenvalue weighted by Crippen LogP contribution is -2.46. The maximum atomic E-state index is 5.65. The second-order valence-corrected chi connectivity index (χ2v) is 7.60. The first kappa shape index (κ1) is 23.5. The van der Waals surface area contributed by atoms with Gasteiger partial charge in [0.15, 0.2) is 5.96 Å². The van der Waals surface area contributed by atoms with Gasteiger partial charge in [-0.05, 0) is 44.4 Å². The summed E-state index contributed by atoms with van der Waals surface area (Å²) in [5, 5.41) is 6.85. The summed E-state index contributed by atoms with van der Waals surface area (Å²) in [4.78, 5) is 8.79. The topological polar surface area (TPSA) is 71.7 Å². The third kappa shape index (κ3) is 5.87. The average Bonchev–Trinajstić information content (AvgIpc) is 3.06. The molecular weight excluding hydrogens is 479 g/mol. The molecule has 0 atom stereocenters. The Kier molecular flexibility index (Phi) is 8.79. The number of nitrogens with zero attached hydrogens (tertiary/aromatic N) is 2. The summed E-state index contributed by atoms with van der Waals surface area (Å²) in [5.41, 5.74) is 2.42. The number of aryl methyl sites for hydroxylation is 2. The Morgan fingerprint density at radius 1 is 1.14 bits per heavy atom. The van der Waals surface area contributed by atoms with Crippen LogP contribution in [0.25, 0.3) is 0 Å². The SMILES string of the molecule is CN=C(NCc1nc(C)c(C)o1)NCC1(c2ccc(OC)cc2)CCCCC1.I. The second kappa shape index (κ2) is 10.8.